The molecule has 1 spiro atoms. The molecule has 1 aromatic carbocycles. The number of carbonyl (C=O) groups excluding carboxylic acids is 1. The van der Waals surface area contributed by atoms with E-state index in [0.29, 0.717) is 13.1 Å². The molecule has 2 atom stereocenters. The number of benzene rings is 1. The number of halogens is 3. The standard InChI is InChI=1S/C21H27F3N2O3/c1-3-4-15-5-7-16(8-6-15)19-17(11-27)26(10-9-21(22,23)24)20(19)13-25(14-20)18(28)12-29-2/h3-8,17,19,27H,9-14H2,1-2H3/t17-,19+/m0/s1. The number of nitrogens with zero attached hydrogens (tertiary/aromatic N) is 2. The van der Waals surface area contributed by atoms with Gasteiger partial charge in [0.1, 0.15) is 6.61 Å². The zero-order valence-corrected chi connectivity index (χ0v) is 16.7. The average molecular weight is 412 g/mol. The summed E-state index contributed by atoms with van der Waals surface area (Å²) in [7, 11) is 1.43. The Labute approximate surface area is 168 Å². The Morgan fingerprint density at radius 3 is 2.48 bits per heavy atom. The Morgan fingerprint density at radius 1 is 1.31 bits per heavy atom. The van der Waals surface area contributed by atoms with Crippen molar-refractivity contribution >= 4 is 12.0 Å². The van der Waals surface area contributed by atoms with Crippen molar-refractivity contribution in [3.05, 3.63) is 41.5 Å². The predicted molar refractivity (Wildman–Crippen MR) is 103 cm³/mol. The lowest BCUT2D eigenvalue weighted by molar-refractivity contribution is -0.210. The van der Waals surface area contributed by atoms with Crippen LogP contribution in [0.4, 0.5) is 13.2 Å². The summed E-state index contributed by atoms with van der Waals surface area (Å²) in [5.74, 6) is -0.310. The minimum Gasteiger partial charge on any atom is -0.395 e. The van der Waals surface area contributed by atoms with Crippen molar-refractivity contribution in [2.24, 2.45) is 0 Å². The van der Waals surface area contributed by atoms with Crippen molar-refractivity contribution in [1.82, 2.24) is 9.80 Å². The van der Waals surface area contributed by atoms with E-state index in [4.69, 9.17) is 4.74 Å². The molecule has 2 fully saturated rings. The van der Waals surface area contributed by atoms with Gasteiger partial charge in [-0.05, 0) is 18.1 Å². The molecule has 0 aliphatic carbocycles. The number of aliphatic hydroxyl groups excluding tert-OH is 1. The van der Waals surface area contributed by atoms with Gasteiger partial charge in [0.2, 0.25) is 5.91 Å². The monoisotopic (exact) mass is 412 g/mol. The zero-order chi connectivity index (χ0) is 21.2. The highest BCUT2D eigenvalue weighted by Gasteiger charge is 2.66. The highest BCUT2D eigenvalue weighted by atomic mass is 19.4. The van der Waals surface area contributed by atoms with E-state index in [1.54, 1.807) is 9.80 Å². The van der Waals surface area contributed by atoms with Gasteiger partial charge in [0.05, 0.1) is 18.6 Å². The van der Waals surface area contributed by atoms with Crippen LogP contribution in [0.1, 0.15) is 30.4 Å². The fraction of sp³-hybridized carbons (Fsp3) is 0.571. The van der Waals surface area contributed by atoms with E-state index in [9.17, 15) is 23.1 Å². The number of alkyl halides is 3. The molecule has 1 amide bonds. The smallest absolute Gasteiger partial charge is 0.390 e. The lowest BCUT2D eigenvalue weighted by atomic mass is 9.60. The summed E-state index contributed by atoms with van der Waals surface area (Å²) in [5, 5.41) is 9.93. The molecule has 1 aromatic rings. The van der Waals surface area contributed by atoms with E-state index in [2.05, 4.69) is 0 Å². The number of methoxy groups -OCH3 is 1. The molecule has 2 saturated heterocycles. The molecule has 5 nitrogen and oxygen atoms in total. The van der Waals surface area contributed by atoms with Gasteiger partial charge in [0, 0.05) is 38.7 Å². The minimum absolute atomic E-state index is 0.0508. The molecule has 3 rings (SSSR count). The molecule has 0 bridgehead atoms. The van der Waals surface area contributed by atoms with Crippen molar-refractivity contribution in [3.63, 3.8) is 0 Å². The normalized spacial score (nSPS) is 24.0. The summed E-state index contributed by atoms with van der Waals surface area (Å²) in [5.41, 5.74) is 1.42. The van der Waals surface area contributed by atoms with Gasteiger partial charge < -0.3 is 14.7 Å². The van der Waals surface area contributed by atoms with Crippen molar-refractivity contribution in [2.45, 2.75) is 37.0 Å². The van der Waals surface area contributed by atoms with Gasteiger partial charge >= 0.3 is 6.18 Å². The first kappa shape index (κ1) is 21.8. The van der Waals surface area contributed by atoms with Crippen LogP contribution in [0.25, 0.3) is 6.08 Å². The molecule has 1 N–H and O–H groups in total. The van der Waals surface area contributed by atoms with E-state index < -0.39 is 24.2 Å². The topological polar surface area (TPSA) is 53.0 Å². The number of hydrogen-bond donors (Lipinski definition) is 1. The first-order chi connectivity index (χ1) is 13.8. The third-order valence-corrected chi connectivity index (χ3v) is 5.96. The van der Waals surface area contributed by atoms with Crippen molar-refractivity contribution in [2.75, 3.05) is 40.0 Å². The maximum absolute atomic E-state index is 12.8. The van der Waals surface area contributed by atoms with E-state index >= 15 is 0 Å². The van der Waals surface area contributed by atoms with Gasteiger partial charge in [0.15, 0.2) is 0 Å². The summed E-state index contributed by atoms with van der Waals surface area (Å²) in [6.07, 6.45) is -1.31. The van der Waals surface area contributed by atoms with E-state index in [1.165, 1.54) is 7.11 Å². The first-order valence-corrected chi connectivity index (χ1v) is 9.69. The summed E-state index contributed by atoms with van der Waals surface area (Å²) in [6, 6.07) is 7.45. The lowest BCUT2D eigenvalue weighted by Crippen LogP contribution is -2.85. The number of allylic oxidation sites excluding steroid dienone is 1. The van der Waals surface area contributed by atoms with E-state index in [1.807, 2.05) is 43.3 Å². The van der Waals surface area contributed by atoms with E-state index in [-0.39, 0.29) is 31.6 Å². The second-order valence-corrected chi connectivity index (χ2v) is 7.74. The van der Waals surface area contributed by atoms with Gasteiger partial charge in [-0.25, -0.2) is 0 Å². The quantitative estimate of drug-likeness (QED) is 0.748. The Morgan fingerprint density at radius 2 is 1.97 bits per heavy atom. The molecule has 2 heterocycles. The fourth-order valence-electron chi connectivity index (χ4n) is 4.73. The molecule has 8 heteroatoms. The number of aliphatic hydroxyl groups is 1. The minimum atomic E-state index is -4.27. The van der Waals surface area contributed by atoms with Gasteiger partial charge in [-0.3, -0.25) is 9.69 Å². The van der Waals surface area contributed by atoms with Gasteiger partial charge in [0.25, 0.3) is 0 Å². The van der Waals surface area contributed by atoms with Crippen molar-refractivity contribution < 1.29 is 27.8 Å². The summed E-state index contributed by atoms with van der Waals surface area (Å²) in [6.45, 7) is 2.14. The molecule has 0 unspecified atom stereocenters. The van der Waals surface area contributed by atoms with E-state index in [0.717, 1.165) is 11.1 Å². The van der Waals surface area contributed by atoms with Crippen molar-refractivity contribution in [1.29, 1.82) is 0 Å². The number of carbonyl (C=O) groups is 1. The van der Waals surface area contributed by atoms with Crippen LogP contribution in [0.15, 0.2) is 30.3 Å². The van der Waals surface area contributed by atoms with Crippen LogP contribution in [0.5, 0.6) is 0 Å². The largest absolute Gasteiger partial charge is 0.395 e. The Hall–Kier alpha value is -1.90. The fourth-order valence-corrected chi connectivity index (χ4v) is 4.73. The SMILES string of the molecule is CC=Cc1ccc([C@@H]2[C@H](CO)N(CCC(F)(F)F)C23CN(C(=O)COC)C3)cc1. The second kappa shape index (κ2) is 8.45. The molecular weight excluding hydrogens is 385 g/mol. The molecular formula is C21H27F3N2O3. The van der Waals surface area contributed by atoms with Crippen LogP contribution in [0.3, 0.4) is 0 Å². The zero-order valence-electron chi connectivity index (χ0n) is 16.7. The maximum atomic E-state index is 12.8. The van der Waals surface area contributed by atoms with Crippen LogP contribution in [0.2, 0.25) is 0 Å². The molecule has 0 saturated carbocycles. The van der Waals surface area contributed by atoms with Crippen LogP contribution in [0, 0.1) is 0 Å². The number of rotatable bonds is 7. The Kier molecular flexibility index (Phi) is 6.36. The molecule has 2 aliphatic rings. The summed E-state index contributed by atoms with van der Waals surface area (Å²) in [4.78, 5) is 15.5. The predicted octanol–water partition coefficient (Wildman–Crippen LogP) is 2.66. The molecule has 160 valence electrons. The third-order valence-electron chi connectivity index (χ3n) is 5.96. The highest BCUT2D eigenvalue weighted by molar-refractivity contribution is 5.79. The highest BCUT2D eigenvalue weighted by Crippen LogP contribution is 2.54. The molecule has 2 aliphatic heterocycles. The maximum Gasteiger partial charge on any atom is 0.390 e. The van der Waals surface area contributed by atoms with Crippen molar-refractivity contribution in [3.8, 4) is 0 Å². The number of hydrogen-bond acceptors (Lipinski definition) is 4. The average Bonchev–Trinajstić information content (AvgIpc) is 2.60. The Balaban J connectivity index is 1.84. The van der Waals surface area contributed by atoms with Crippen LogP contribution >= 0.6 is 0 Å². The third kappa shape index (κ3) is 4.20. The Bertz CT molecular complexity index is 743. The molecule has 29 heavy (non-hydrogen) atoms. The summed E-state index contributed by atoms with van der Waals surface area (Å²) < 4.78 is 43.4. The summed E-state index contributed by atoms with van der Waals surface area (Å²) >= 11 is 0. The van der Waals surface area contributed by atoms with Crippen LogP contribution in [-0.2, 0) is 9.53 Å². The number of amides is 1. The van der Waals surface area contributed by atoms with Crippen LogP contribution in [-0.4, -0.2) is 78.5 Å². The van der Waals surface area contributed by atoms with Gasteiger partial charge in [-0.1, -0.05) is 36.4 Å². The van der Waals surface area contributed by atoms with Gasteiger partial charge in [-0.2, -0.15) is 13.2 Å². The second-order valence-electron chi connectivity index (χ2n) is 7.74. The van der Waals surface area contributed by atoms with Crippen LogP contribution < -0.4 is 0 Å². The van der Waals surface area contributed by atoms with Gasteiger partial charge in [-0.15, -0.1) is 0 Å². The first-order valence-electron chi connectivity index (χ1n) is 9.69. The number of ether oxygens (including phenoxy) is 1. The molecule has 0 radical (unpaired) electrons. The molecule has 0 aromatic heterocycles. The lowest BCUT2D eigenvalue weighted by Gasteiger charge is -2.71. The number of likely N-dealkylation sites (tertiary alicyclic amines) is 2.